The Labute approximate surface area is 177 Å². The number of nitrogens with two attached hydrogens (primary N) is 1. The van der Waals surface area contributed by atoms with Crippen molar-refractivity contribution in [1.82, 2.24) is 20.4 Å². The molecular weight excluding hydrogens is 391 g/mol. The Morgan fingerprint density at radius 1 is 1.03 bits per heavy atom. The highest BCUT2D eigenvalue weighted by Crippen LogP contribution is 2.51. The molecule has 6 nitrogen and oxygen atoms in total. The van der Waals surface area contributed by atoms with Gasteiger partial charge >= 0.3 is 0 Å². The first-order chi connectivity index (χ1) is 15.0. The van der Waals surface area contributed by atoms with Crippen molar-refractivity contribution < 1.29 is 4.39 Å². The maximum Gasteiger partial charge on any atom is 0.153 e. The molecule has 0 saturated carbocycles. The number of aromatic nitrogens is 4. The molecule has 2 aromatic heterocycles. The first-order valence-corrected chi connectivity index (χ1v) is 10.3. The van der Waals surface area contributed by atoms with Crippen molar-refractivity contribution in [3.63, 3.8) is 0 Å². The molecule has 2 atom stereocenters. The van der Waals surface area contributed by atoms with Crippen LogP contribution in [-0.2, 0) is 5.41 Å². The molecule has 7 heteroatoms. The van der Waals surface area contributed by atoms with Crippen LogP contribution in [0.25, 0.3) is 21.8 Å². The molecule has 0 aliphatic carbocycles. The van der Waals surface area contributed by atoms with Crippen LogP contribution < -0.4 is 11.1 Å². The second kappa shape index (κ2) is 6.31. The highest BCUT2D eigenvalue weighted by atomic mass is 19.1. The SMILES string of the molecule is C[C@]1(c2ccccc2)C[C@H](c2ccc3[nH]nc(N)c3c2)Nc2c(F)cc3[nH]ncc3c21. The number of fused-ring (bicyclic) bond motifs is 4. The fourth-order valence-corrected chi connectivity index (χ4v) is 5.05. The Kier molecular flexibility index (Phi) is 3.65. The number of H-pyrrole nitrogens is 2. The third kappa shape index (κ3) is 2.56. The third-order valence-corrected chi connectivity index (χ3v) is 6.61. The van der Waals surface area contributed by atoms with Gasteiger partial charge in [-0.1, -0.05) is 43.3 Å². The monoisotopic (exact) mass is 412 g/mol. The second-order valence-corrected chi connectivity index (χ2v) is 8.45. The van der Waals surface area contributed by atoms with Crippen molar-refractivity contribution in [2.75, 3.05) is 11.1 Å². The van der Waals surface area contributed by atoms with E-state index in [0.29, 0.717) is 17.0 Å². The first kappa shape index (κ1) is 17.9. The second-order valence-electron chi connectivity index (χ2n) is 8.45. The van der Waals surface area contributed by atoms with Gasteiger partial charge in [-0.25, -0.2) is 4.39 Å². The molecule has 0 unspecified atom stereocenters. The van der Waals surface area contributed by atoms with Gasteiger partial charge in [-0.15, -0.1) is 0 Å². The van der Waals surface area contributed by atoms with E-state index in [4.69, 9.17) is 5.73 Å². The van der Waals surface area contributed by atoms with Crippen LogP contribution >= 0.6 is 0 Å². The van der Waals surface area contributed by atoms with Gasteiger partial charge in [0.1, 0.15) is 5.82 Å². The van der Waals surface area contributed by atoms with Crippen LogP contribution in [-0.4, -0.2) is 20.4 Å². The summed E-state index contributed by atoms with van der Waals surface area (Å²) in [6.07, 6.45) is 2.53. The highest BCUT2D eigenvalue weighted by Gasteiger charge is 2.41. The fourth-order valence-electron chi connectivity index (χ4n) is 5.05. The van der Waals surface area contributed by atoms with E-state index in [1.54, 1.807) is 6.20 Å². The van der Waals surface area contributed by atoms with Gasteiger partial charge in [0.25, 0.3) is 0 Å². The van der Waals surface area contributed by atoms with Crippen LogP contribution in [0.15, 0.2) is 60.8 Å². The summed E-state index contributed by atoms with van der Waals surface area (Å²) in [4.78, 5) is 0. The molecule has 0 amide bonds. The van der Waals surface area contributed by atoms with E-state index in [-0.39, 0.29) is 11.9 Å². The zero-order valence-electron chi connectivity index (χ0n) is 16.9. The average Bonchev–Trinajstić information content (AvgIpc) is 3.40. The number of benzene rings is 3. The fraction of sp³-hybridized carbons (Fsp3) is 0.167. The molecule has 3 heterocycles. The highest BCUT2D eigenvalue weighted by molar-refractivity contribution is 5.91. The molecule has 0 spiro atoms. The molecule has 5 aromatic rings. The standard InChI is InChI=1S/C24H21FN6/c1-24(14-5-3-2-4-6-14)11-20(13-7-8-18-15(9-13)23(26)31-30-18)28-22-17(25)10-19-16(21(22)24)12-27-29-19/h2-10,12,20,28H,11H2,1H3,(H,27,29)(H3,26,30,31)/t20-,24-/m1/s1. The summed E-state index contributed by atoms with van der Waals surface area (Å²) in [5, 5.41) is 19.4. The maximum atomic E-state index is 15.3. The Morgan fingerprint density at radius 3 is 2.71 bits per heavy atom. The minimum atomic E-state index is -0.423. The van der Waals surface area contributed by atoms with Gasteiger partial charge in [0.05, 0.1) is 29.0 Å². The Morgan fingerprint density at radius 2 is 1.87 bits per heavy atom. The van der Waals surface area contributed by atoms with E-state index in [1.165, 1.54) is 6.07 Å². The topological polar surface area (TPSA) is 95.4 Å². The average molecular weight is 412 g/mol. The Bertz CT molecular complexity index is 1440. The molecule has 0 saturated heterocycles. The predicted molar refractivity (Wildman–Crippen MR) is 120 cm³/mol. The van der Waals surface area contributed by atoms with Gasteiger partial charge in [0, 0.05) is 22.3 Å². The molecule has 1 aliphatic rings. The van der Waals surface area contributed by atoms with Gasteiger partial charge in [0.15, 0.2) is 5.82 Å². The largest absolute Gasteiger partial charge is 0.382 e. The van der Waals surface area contributed by atoms with E-state index >= 15 is 4.39 Å². The lowest BCUT2D eigenvalue weighted by Gasteiger charge is -2.42. The van der Waals surface area contributed by atoms with E-state index < -0.39 is 5.41 Å². The third-order valence-electron chi connectivity index (χ3n) is 6.61. The van der Waals surface area contributed by atoms with Crippen LogP contribution in [0, 0.1) is 5.82 Å². The van der Waals surface area contributed by atoms with Gasteiger partial charge < -0.3 is 11.1 Å². The summed E-state index contributed by atoms with van der Waals surface area (Å²) in [5.74, 6) is 0.174. The van der Waals surface area contributed by atoms with Crippen LogP contribution in [0.2, 0.25) is 0 Å². The van der Waals surface area contributed by atoms with Crippen molar-refractivity contribution in [2.45, 2.75) is 24.8 Å². The number of nitrogens with one attached hydrogen (secondary N) is 3. The van der Waals surface area contributed by atoms with Gasteiger partial charge in [-0.2, -0.15) is 10.2 Å². The summed E-state index contributed by atoms with van der Waals surface area (Å²) >= 11 is 0. The van der Waals surface area contributed by atoms with Crippen molar-refractivity contribution in [3.05, 3.63) is 83.3 Å². The lowest BCUT2D eigenvalue weighted by Crippen LogP contribution is -2.35. The molecular formula is C24H21FN6. The molecule has 6 rings (SSSR count). The molecule has 0 radical (unpaired) electrons. The number of nitrogens with zero attached hydrogens (tertiary/aromatic N) is 2. The van der Waals surface area contributed by atoms with Crippen LogP contribution in [0.4, 0.5) is 15.9 Å². The van der Waals surface area contributed by atoms with E-state index in [0.717, 1.165) is 39.4 Å². The summed E-state index contributed by atoms with van der Waals surface area (Å²) in [6, 6.07) is 17.7. The number of aromatic amines is 2. The van der Waals surface area contributed by atoms with Crippen molar-refractivity contribution >= 4 is 33.3 Å². The summed E-state index contributed by atoms with van der Waals surface area (Å²) in [6.45, 7) is 2.19. The number of halogens is 1. The number of hydrogen-bond donors (Lipinski definition) is 4. The smallest absolute Gasteiger partial charge is 0.153 e. The maximum absolute atomic E-state index is 15.3. The molecule has 0 bridgehead atoms. The van der Waals surface area contributed by atoms with Crippen LogP contribution in [0.5, 0.6) is 0 Å². The van der Waals surface area contributed by atoms with Crippen molar-refractivity contribution in [1.29, 1.82) is 0 Å². The van der Waals surface area contributed by atoms with E-state index in [9.17, 15) is 0 Å². The van der Waals surface area contributed by atoms with Gasteiger partial charge in [-0.3, -0.25) is 10.2 Å². The number of hydrogen-bond acceptors (Lipinski definition) is 4. The summed E-state index contributed by atoms with van der Waals surface area (Å²) in [7, 11) is 0. The molecule has 31 heavy (non-hydrogen) atoms. The Hall–Kier alpha value is -3.87. The first-order valence-electron chi connectivity index (χ1n) is 10.3. The number of nitrogen functional groups attached to an aromatic ring is 1. The van der Waals surface area contributed by atoms with Crippen LogP contribution in [0.1, 0.15) is 36.1 Å². The van der Waals surface area contributed by atoms with E-state index in [1.807, 2.05) is 36.4 Å². The normalized spacial score (nSPS) is 20.6. The Balaban J connectivity index is 1.59. The molecule has 0 fully saturated rings. The predicted octanol–water partition coefficient (Wildman–Crippen LogP) is 5.02. The molecule has 154 valence electrons. The number of rotatable bonds is 2. The zero-order chi connectivity index (χ0) is 21.2. The van der Waals surface area contributed by atoms with Gasteiger partial charge in [0.2, 0.25) is 0 Å². The van der Waals surface area contributed by atoms with Gasteiger partial charge in [-0.05, 0) is 35.2 Å². The lowest BCUT2D eigenvalue weighted by molar-refractivity contribution is 0.456. The van der Waals surface area contributed by atoms with Crippen molar-refractivity contribution in [2.24, 2.45) is 0 Å². The van der Waals surface area contributed by atoms with Crippen molar-refractivity contribution in [3.8, 4) is 0 Å². The summed E-state index contributed by atoms with van der Waals surface area (Å²) in [5.41, 5.74) is 10.8. The lowest BCUT2D eigenvalue weighted by atomic mass is 9.67. The molecule has 3 aromatic carbocycles. The van der Waals surface area contributed by atoms with Crippen LogP contribution in [0.3, 0.4) is 0 Å². The molecule has 1 aliphatic heterocycles. The minimum absolute atomic E-state index is 0.102. The molecule has 5 N–H and O–H groups in total. The number of anilines is 2. The minimum Gasteiger partial charge on any atom is -0.382 e. The van der Waals surface area contributed by atoms with E-state index in [2.05, 4.69) is 44.8 Å². The zero-order valence-corrected chi connectivity index (χ0v) is 16.9. The quantitative estimate of drug-likeness (QED) is 0.327. The summed E-state index contributed by atoms with van der Waals surface area (Å²) < 4.78 is 15.3.